The fraction of sp³-hybridized carbons (Fsp3) is 0.467. The molecule has 0 bridgehead atoms. The molecule has 2 atom stereocenters. The maximum atomic E-state index is 12.3. The standard InChI is InChI=1S/C15H18N2O3/c1-2-12-15(19)17(8-14(18)16-12)7-10-9-20-13-6-4-3-5-11(10)13/h3-6,10,12H,2,7-9H2,1H3,(H,16,18). The van der Waals surface area contributed by atoms with E-state index in [0.717, 1.165) is 11.3 Å². The second-order valence-electron chi connectivity index (χ2n) is 5.29. The number of para-hydroxylation sites is 1. The van der Waals surface area contributed by atoms with Crippen molar-refractivity contribution in [3.8, 4) is 5.75 Å². The molecule has 20 heavy (non-hydrogen) atoms. The van der Waals surface area contributed by atoms with Gasteiger partial charge in [0, 0.05) is 18.0 Å². The van der Waals surface area contributed by atoms with Crippen LogP contribution in [0.25, 0.3) is 0 Å². The van der Waals surface area contributed by atoms with Crippen LogP contribution in [0.4, 0.5) is 0 Å². The first kappa shape index (κ1) is 13.0. The van der Waals surface area contributed by atoms with Crippen LogP contribution in [0.2, 0.25) is 0 Å². The van der Waals surface area contributed by atoms with Gasteiger partial charge in [0.15, 0.2) is 0 Å². The van der Waals surface area contributed by atoms with Crippen LogP contribution in [-0.4, -0.2) is 42.5 Å². The Hall–Kier alpha value is -2.04. The number of hydrogen-bond donors (Lipinski definition) is 1. The molecule has 3 rings (SSSR count). The van der Waals surface area contributed by atoms with Crippen molar-refractivity contribution in [2.75, 3.05) is 19.7 Å². The summed E-state index contributed by atoms with van der Waals surface area (Å²) < 4.78 is 5.63. The lowest BCUT2D eigenvalue weighted by atomic mass is 9.99. The minimum Gasteiger partial charge on any atom is -0.493 e. The molecule has 0 aliphatic carbocycles. The van der Waals surface area contributed by atoms with E-state index in [9.17, 15) is 9.59 Å². The Morgan fingerprint density at radius 2 is 2.15 bits per heavy atom. The van der Waals surface area contributed by atoms with E-state index in [0.29, 0.717) is 19.6 Å². The van der Waals surface area contributed by atoms with E-state index in [1.54, 1.807) is 4.90 Å². The predicted octanol–water partition coefficient (Wildman–Crippen LogP) is 0.900. The van der Waals surface area contributed by atoms with Crippen LogP contribution >= 0.6 is 0 Å². The maximum Gasteiger partial charge on any atom is 0.245 e. The SMILES string of the molecule is CCC1NC(=O)CN(CC2COc3ccccc32)C1=O. The van der Waals surface area contributed by atoms with Crippen molar-refractivity contribution in [3.63, 3.8) is 0 Å². The second kappa shape index (κ2) is 5.15. The van der Waals surface area contributed by atoms with E-state index in [1.807, 2.05) is 31.2 Å². The first-order valence-electron chi connectivity index (χ1n) is 6.99. The first-order chi connectivity index (χ1) is 9.69. The van der Waals surface area contributed by atoms with Gasteiger partial charge < -0.3 is 15.0 Å². The van der Waals surface area contributed by atoms with Crippen molar-refractivity contribution in [3.05, 3.63) is 29.8 Å². The van der Waals surface area contributed by atoms with Gasteiger partial charge in [0.05, 0.1) is 13.2 Å². The molecule has 0 radical (unpaired) electrons. The van der Waals surface area contributed by atoms with Gasteiger partial charge in [0.1, 0.15) is 11.8 Å². The molecule has 2 heterocycles. The Bertz CT molecular complexity index is 544. The Balaban J connectivity index is 1.75. The van der Waals surface area contributed by atoms with E-state index in [2.05, 4.69) is 5.32 Å². The first-order valence-corrected chi connectivity index (χ1v) is 6.99. The molecule has 1 N–H and O–H groups in total. The van der Waals surface area contributed by atoms with Gasteiger partial charge >= 0.3 is 0 Å². The van der Waals surface area contributed by atoms with Gasteiger partial charge in [-0.1, -0.05) is 25.1 Å². The van der Waals surface area contributed by atoms with Crippen molar-refractivity contribution in [1.82, 2.24) is 10.2 Å². The van der Waals surface area contributed by atoms with Gasteiger partial charge in [-0.3, -0.25) is 9.59 Å². The lowest BCUT2D eigenvalue weighted by Gasteiger charge is -2.33. The molecule has 5 nitrogen and oxygen atoms in total. The van der Waals surface area contributed by atoms with Crippen LogP contribution in [0.3, 0.4) is 0 Å². The molecular weight excluding hydrogens is 256 g/mol. The number of piperazine rings is 1. The van der Waals surface area contributed by atoms with Crippen LogP contribution in [-0.2, 0) is 9.59 Å². The summed E-state index contributed by atoms with van der Waals surface area (Å²) in [5.74, 6) is 0.970. The highest BCUT2D eigenvalue weighted by Gasteiger charge is 2.34. The van der Waals surface area contributed by atoms with E-state index >= 15 is 0 Å². The molecule has 1 aromatic carbocycles. The molecule has 106 valence electrons. The minimum atomic E-state index is -0.381. The average Bonchev–Trinajstić information content (AvgIpc) is 2.86. The van der Waals surface area contributed by atoms with Gasteiger partial charge in [0.25, 0.3) is 0 Å². The molecule has 1 fully saturated rings. The van der Waals surface area contributed by atoms with Crippen molar-refractivity contribution in [2.24, 2.45) is 0 Å². The van der Waals surface area contributed by atoms with Gasteiger partial charge in [-0.05, 0) is 12.5 Å². The number of nitrogens with one attached hydrogen (secondary N) is 1. The molecule has 2 unspecified atom stereocenters. The zero-order valence-electron chi connectivity index (χ0n) is 11.5. The highest BCUT2D eigenvalue weighted by atomic mass is 16.5. The summed E-state index contributed by atoms with van der Waals surface area (Å²) in [5, 5.41) is 2.73. The van der Waals surface area contributed by atoms with Gasteiger partial charge in [-0.25, -0.2) is 0 Å². The molecule has 2 amide bonds. The monoisotopic (exact) mass is 274 g/mol. The predicted molar refractivity (Wildman–Crippen MR) is 73.5 cm³/mol. The smallest absolute Gasteiger partial charge is 0.245 e. The fourth-order valence-corrected chi connectivity index (χ4v) is 2.85. The fourth-order valence-electron chi connectivity index (χ4n) is 2.85. The average molecular weight is 274 g/mol. The van der Waals surface area contributed by atoms with Gasteiger partial charge in [-0.2, -0.15) is 0 Å². The van der Waals surface area contributed by atoms with Gasteiger partial charge in [-0.15, -0.1) is 0 Å². The normalized spacial score (nSPS) is 25.1. The topological polar surface area (TPSA) is 58.6 Å². The van der Waals surface area contributed by atoms with Crippen molar-refractivity contribution in [1.29, 1.82) is 0 Å². The third-order valence-electron chi connectivity index (χ3n) is 3.93. The van der Waals surface area contributed by atoms with Crippen LogP contribution in [0.1, 0.15) is 24.8 Å². The number of amides is 2. The highest BCUT2D eigenvalue weighted by molar-refractivity contribution is 5.94. The number of carbonyl (C=O) groups is 2. The number of nitrogens with zero attached hydrogens (tertiary/aromatic N) is 1. The molecule has 5 heteroatoms. The largest absolute Gasteiger partial charge is 0.493 e. The molecule has 2 aliphatic rings. The summed E-state index contributed by atoms with van der Waals surface area (Å²) in [6, 6.07) is 7.50. The highest BCUT2D eigenvalue weighted by Crippen LogP contribution is 2.34. The Kier molecular flexibility index (Phi) is 3.34. The van der Waals surface area contributed by atoms with E-state index in [4.69, 9.17) is 4.74 Å². The third-order valence-corrected chi connectivity index (χ3v) is 3.93. The van der Waals surface area contributed by atoms with E-state index in [-0.39, 0.29) is 30.3 Å². The summed E-state index contributed by atoms with van der Waals surface area (Å²) in [4.78, 5) is 25.6. The van der Waals surface area contributed by atoms with Crippen LogP contribution in [0.15, 0.2) is 24.3 Å². The lowest BCUT2D eigenvalue weighted by molar-refractivity contribution is -0.144. The van der Waals surface area contributed by atoms with Crippen LogP contribution in [0.5, 0.6) is 5.75 Å². The number of rotatable bonds is 3. The van der Waals surface area contributed by atoms with Crippen molar-refractivity contribution >= 4 is 11.8 Å². The van der Waals surface area contributed by atoms with Gasteiger partial charge in [0.2, 0.25) is 11.8 Å². The maximum absolute atomic E-state index is 12.3. The molecule has 1 saturated heterocycles. The molecule has 1 aromatic rings. The number of carbonyl (C=O) groups excluding carboxylic acids is 2. The third kappa shape index (κ3) is 2.24. The van der Waals surface area contributed by atoms with Crippen molar-refractivity contribution in [2.45, 2.75) is 25.3 Å². The number of fused-ring (bicyclic) bond motifs is 1. The number of benzene rings is 1. The van der Waals surface area contributed by atoms with E-state index in [1.165, 1.54) is 0 Å². The summed E-state index contributed by atoms with van der Waals surface area (Å²) >= 11 is 0. The Morgan fingerprint density at radius 1 is 1.35 bits per heavy atom. The summed E-state index contributed by atoms with van der Waals surface area (Å²) in [5.41, 5.74) is 1.12. The summed E-state index contributed by atoms with van der Waals surface area (Å²) in [7, 11) is 0. The molecule has 2 aliphatic heterocycles. The summed E-state index contributed by atoms with van der Waals surface area (Å²) in [6.07, 6.45) is 0.624. The Morgan fingerprint density at radius 3 is 2.95 bits per heavy atom. The number of ether oxygens (including phenoxy) is 1. The quantitative estimate of drug-likeness (QED) is 0.891. The summed E-state index contributed by atoms with van der Waals surface area (Å²) in [6.45, 7) is 3.16. The van der Waals surface area contributed by atoms with E-state index < -0.39 is 0 Å². The van der Waals surface area contributed by atoms with Crippen molar-refractivity contribution < 1.29 is 14.3 Å². The second-order valence-corrected chi connectivity index (χ2v) is 5.29. The number of hydrogen-bond acceptors (Lipinski definition) is 3. The minimum absolute atomic E-state index is 0.0106. The van der Waals surface area contributed by atoms with Crippen LogP contribution in [0, 0.1) is 0 Å². The molecule has 0 saturated carbocycles. The molecule has 0 aromatic heterocycles. The zero-order chi connectivity index (χ0) is 14.1. The lowest BCUT2D eigenvalue weighted by Crippen LogP contribution is -2.58. The molecular formula is C15H18N2O3. The Labute approximate surface area is 117 Å². The van der Waals surface area contributed by atoms with Crippen LogP contribution < -0.4 is 10.1 Å². The molecule has 0 spiro atoms. The zero-order valence-corrected chi connectivity index (χ0v) is 11.5.